The van der Waals surface area contributed by atoms with Gasteiger partial charge in [0.2, 0.25) is 11.8 Å². The molecule has 1 aromatic rings. The molecule has 0 saturated carbocycles. The predicted octanol–water partition coefficient (Wildman–Crippen LogP) is -1.56. The lowest BCUT2D eigenvalue weighted by Crippen LogP contribution is -2.43. The first-order valence-corrected chi connectivity index (χ1v) is 10.2. The van der Waals surface area contributed by atoms with Crippen LogP contribution in [0.15, 0.2) is 12.7 Å². The Labute approximate surface area is 151 Å². The molecular weight excluding hydrogens is 362 g/mol. The SMILES string of the molecule is COCC(=O)N1C[C@H]2[C@H](NC(=O)CCCn3cncn3)CS(=O)(=O)[C@H]2C1. The van der Waals surface area contributed by atoms with Crippen LogP contribution in [-0.2, 0) is 30.7 Å². The molecule has 3 rings (SSSR count). The van der Waals surface area contributed by atoms with E-state index in [1.165, 1.54) is 18.3 Å². The van der Waals surface area contributed by atoms with Crippen LogP contribution in [0.4, 0.5) is 0 Å². The van der Waals surface area contributed by atoms with E-state index in [4.69, 9.17) is 4.74 Å². The number of nitrogens with zero attached hydrogens (tertiary/aromatic N) is 4. The summed E-state index contributed by atoms with van der Waals surface area (Å²) in [6.45, 7) is 1.00. The van der Waals surface area contributed by atoms with Crippen LogP contribution in [0.25, 0.3) is 0 Å². The lowest BCUT2D eigenvalue weighted by Gasteiger charge is -2.21. The molecular formula is C15H23N5O5S. The normalized spacial score (nSPS) is 26.7. The molecule has 2 aliphatic rings. The average Bonchev–Trinajstić information content (AvgIpc) is 3.27. The average molecular weight is 385 g/mol. The number of ether oxygens (including phenoxy) is 1. The topological polar surface area (TPSA) is 123 Å². The summed E-state index contributed by atoms with van der Waals surface area (Å²) in [7, 11) is -1.90. The van der Waals surface area contributed by atoms with Crippen LogP contribution in [0.1, 0.15) is 12.8 Å². The minimum absolute atomic E-state index is 0.0660. The number of hydrogen-bond donors (Lipinski definition) is 1. The van der Waals surface area contributed by atoms with E-state index in [0.717, 1.165) is 0 Å². The molecule has 10 nitrogen and oxygen atoms in total. The molecule has 144 valence electrons. The smallest absolute Gasteiger partial charge is 0.248 e. The zero-order valence-corrected chi connectivity index (χ0v) is 15.4. The summed E-state index contributed by atoms with van der Waals surface area (Å²) in [5.74, 6) is -0.744. The summed E-state index contributed by atoms with van der Waals surface area (Å²) < 4.78 is 31.3. The van der Waals surface area contributed by atoms with E-state index in [0.29, 0.717) is 19.5 Å². The highest BCUT2D eigenvalue weighted by Crippen LogP contribution is 2.34. The van der Waals surface area contributed by atoms with Crippen LogP contribution in [0.5, 0.6) is 0 Å². The van der Waals surface area contributed by atoms with Gasteiger partial charge in [-0.1, -0.05) is 0 Å². The largest absolute Gasteiger partial charge is 0.375 e. The van der Waals surface area contributed by atoms with Gasteiger partial charge in [0.15, 0.2) is 9.84 Å². The van der Waals surface area contributed by atoms with E-state index in [-0.39, 0.29) is 43.1 Å². The van der Waals surface area contributed by atoms with Crippen molar-refractivity contribution in [3.05, 3.63) is 12.7 Å². The molecule has 0 radical (unpaired) electrons. The minimum Gasteiger partial charge on any atom is -0.375 e. The van der Waals surface area contributed by atoms with E-state index < -0.39 is 21.1 Å². The molecule has 2 aliphatic heterocycles. The maximum atomic E-state index is 12.4. The number of amides is 2. The standard InChI is InChI=1S/C15H23N5O5S/c1-25-7-15(22)19-5-11-12(8-26(23,24)13(11)6-19)18-14(21)3-2-4-20-10-16-9-17-20/h9-13H,2-8H2,1H3,(H,18,21)/t11-,12+,13-/m0/s1. The zero-order chi connectivity index (χ0) is 18.7. The number of sulfone groups is 1. The van der Waals surface area contributed by atoms with Crippen LogP contribution in [0.2, 0.25) is 0 Å². The Morgan fingerprint density at radius 2 is 2.15 bits per heavy atom. The van der Waals surface area contributed by atoms with Crippen molar-refractivity contribution in [2.24, 2.45) is 5.92 Å². The molecule has 11 heteroatoms. The number of carbonyl (C=O) groups excluding carboxylic acids is 2. The molecule has 3 heterocycles. The number of methoxy groups -OCH3 is 1. The second kappa shape index (κ2) is 7.70. The highest BCUT2D eigenvalue weighted by atomic mass is 32.2. The summed E-state index contributed by atoms with van der Waals surface area (Å²) in [5, 5.41) is 6.20. The molecule has 0 aliphatic carbocycles. The predicted molar refractivity (Wildman–Crippen MR) is 90.7 cm³/mol. The van der Waals surface area contributed by atoms with Gasteiger partial charge in [-0.15, -0.1) is 0 Å². The van der Waals surface area contributed by atoms with Crippen molar-refractivity contribution in [3.63, 3.8) is 0 Å². The number of rotatable bonds is 7. The van der Waals surface area contributed by atoms with Gasteiger partial charge in [-0.3, -0.25) is 14.3 Å². The molecule has 1 aromatic heterocycles. The first kappa shape index (κ1) is 18.8. The molecule has 1 N–H and O–H groups in total. The first-order chi connectivity index (χ1) is 12.4. The number of carbonyl (C=O) groups is 2. The minimum atomic E-state index is -3.33. The van der Waals surface area contributed by atoms with Gasteiger partial charge < -0.3 is 15.0 Å². The number of aryl methyl sites for hydroxylation is 1. The third kappa shape index (κ3) is 4.04. The monoisotopic (exact) mass is 385 g/mol. The van der Waals surface area contributed by atoms with E-state index in [1.54, 1.807) is 11.0 Å². The molecule has 0 aromatic carbocycles. The molecule has 2 fully saturated rings. The Balaban J connectivity index is 1.54. The van der Waals surface area contributed by atoms with Gasteiger partial charge in [-0.25, -0.2) is 13.4 Å². The zero-order valence-electron chi connectivity index (χ0n) is 14.6. The Morgan fingerprint density at radius 1 is 1.35 bits per heavy atom. The maximum Gasteiger partial charge on any atom is 0.248 e. The third-order valence-corrected chi connectivity index (χ3v) is 7.17. The Kier molecular flexibility index (Phi) is 5.56. The van der Waals surface area contributed by atoms with Crippen molar-refractivity contribution in [3.8, 4) is 0 Å². The van der Waals surface area contributed by atoms with E-state index >= 15 is 0 Å². The van der Waals surface area contributed by atoms with Crippen molar-refractivity contribution in [2.45, 2.75) is 30.7 Å². The van der Waals surface area contributed by atoms with Gasteiger partial charge in [0.25, 0.3) is 0 Å². The molecule has 2 amide bonds. The quantitative estimate of drug-likeness (QED) is 0.602. The third-order valence-electron chi connectivity index (χ3n) is 4.92. The fourth-order valence-corrected chi connectivity index (χ4v) is 5.95. The van der Waals surface area contributed by atoms with Gasteiger partial charge in [0, 0.05) is 45.1 Å². The van der Waals surface area contributed by atoms with Crippen LogP contribution >= 0.6 is 0 Å². The summed E-state index contributed by atoms with van der Waals surface area (Å²) in [5.41, 5.74) is 0. The molecule has 0 unspecified atom stereocenters. The van der Waals surface area contributed by atoms with Crippen molar-refractivity contribution < 1.29 is 22.7 Å². The van der Waals surface area contributed by atoms with Gasteiger partial charge in [0.05, 0.1) is 11.0 Å². The van der Waals surface area contributed by atoms with Gasteiger partial charge in [-0.05, 0) is 6.42 Å². The molecule has 0 spiro atoms. The lowest BCUT2D eigenvalue weighted by atomic mass is 10.0. The summed E-state index contributed by atoms with van der Waals surface area (Å²) >= 11 is 0. The Hall–Kier alpha value is -2.01. The van der Waals surface area contributed by atoms with E-state index in [9.17, 15) is 18.0 Å². The van der Waals surface area contributed by atoms with Crippen LogP contribution in [-0.4, -0.2) is 83.7 Å². The van der Waals surface area contributed by atoms with Crippen LogP contribution < -0.4 is 5.32 Å². The fraction of sp³-hybridized carbons (Fsp3) is 0.733. The fourth-order valence-electron chi connectivity index (χ4n) is 3.66. The van der Waals surface area contributed by atoms with Crippen LogP contribution in [0.3, 0.4) is 0 Å². The first-order valence-electron chi connectivity index (χ1n) is 8.51. The van der Waals surface area contributed by atoms with Crippen LogP contribution in [0, 0.1) is 5.92 Å². The summed E-state index contributed by atoms with van der Waals surface area (Å²) in [6, 6.07) is -0.454. The maximum absolute atomic E-state index is 12.4. The molecule has 0 bridgehead atoms. The van der Waals surface area contributed by atoms with Gasteiger partial charge >= 0.3 is 0 Å². The number of fused-ring (bicyclic) bond motifs is 1. The number of hydrogen-bond acceptors (Lipinski definition) is 7. The van der Waals surface area contributed by atoms with E-state index in [1.807, 2.05) is 0 Å². The molecule has 26 heavy (non-hydrogen) atoms. The number of nitrogens with one attached hydrogen (secondary N) is 1. The summed E-state index contributed by atoms with van der Waals surface area (Å²) in [6.07, 6.45) is 3.87. The second-order valence-corrected chi connectivity index (χ2v) is 8.96. The second-order valence-electron chi connectivity index (χ2n) is 6.70. The van der Waals surface area contributed by atoms with Gasteiger partial charge in [0.1, 0.15) is 19.3 Å². The molecule has 3 atom stereocenters. The van der Waals surface area contributed by atoms with E-state index in [2.05, 4.69) is 15.4 Å². The number of aromatic nitrogens is 3. The highest BCUT2D eigenvalue weighted by Gasteiger charge is 2.53. The lowest BCUT2D eigenvalue weighted by molar-refractivity contribution is -0.134. The summed E-state index contributed by atoms with van der Waals surface area (Å²) in [4.78, 5) is 29.5. The number of likely N-dealkylation sites (tertiary alicyclic amines) is 1. The van der Waals surface area contributed by atoms with Crippen molar-refractivity contribution in [1.29, 1.82) is 0 Å². The van der Waals surface area contributed by atoms with Crippen molar-refractivity contribution in [1.82, 2.24) is 25.0 Å². The van der Waals surface area contributed by atoms with Crippen molar-refractivity contribution >= 4 is 21.7 Å². The highest BCUT2D eigenvalue weighted by molar-refractivity contribution is 7.92. The Morgan fingerprint density at radius 3 is 2.85 bits per heavy atom. The Bertz CT molecular complexity index is 750. The van der Waals surface area contributed by atoms with Crippen molar-refractivity contribution in [2.75, 3.05) is 32.6 Å². The van der Waals surface area contributed by atoms with Gasteiger partial charge in [-0.2, -0.15) is 5.10 Å². The molecule has 2 saturated heterocycles.